The molecule has 0 aromatic carbocycles. The highest BCUT2D eigenvalue weighted by molar-refractivity contribution is 7.09. The maximum absolute atomic E-state index is 10.2. The lowest BCUT2D eigenvalue weighted by molar-refractivity contribution is 0.200. The van der Waals surface area contributed by atoms with Crippen molar-refractivity contribution in [3.63, 3.8) is 0 Å². The highest BCUT2D eigenvalue weighted by Gasteiger charge is 2.18. The van der Waals surface area contributed by atoms with Crippen LogP contribution in [0.5, 0.6) is 0 Å². The number of hydrogen-bond acceptors (Lipinski definition) is 4. The molecule has 2 rings (SSSR count). The first-order chi connectivity index (χ1) is 7.72. The molecule has 0 saturated heterocycles. The summed E-state index contributed by atoms with van der Waals surface area (Å²) in [5, 5.41) is 13.0. The van der Waals surface area contributed by atoms with Crippen LogP contribution in [0.3, 0.4) is 0 Å². The molecule has 0 aliphatic rings. The molecular formula is C11H15N3OS. The van der Waals surface area contributed by atoms with Crippen molar-refractivity contribution >= 4 is 11.3 Å². The van der Waals surface area contributed by atoms with Crippen molar-refractivity contribution < 1.29 is 5.11 Å². The van der Waals surface area contributed by atoms with Gasteiger partial charge in [-0.15, -0.1) is 11.3 Å². The number of hydrogen-bond donors (Lipinski definition) is 1. The van der Waals surface area contributed by atoms with E-state index in [2.05, 4.69) is 16.9 Å². The predicted octanol–water partition coefficient (Wildman–Crippen LogP) is 2.14. The Hall–Kier alpha value is -1.20. The van der Waals surface area contributed by atoms with Gasteiger partial charge in [-0.2, -0.15) is 0 Å². The molecule has 5 heteroatoms. The van der Waals surface area contributed by atoms with E-state index in [9.17, 15) is 5.11 Å². The van der Waals surface area contributed by atoms with E-state index in [0.29, 0.717) is 11.5 Å². The zero-order chi connectivity index (χ0) is 11.5. The van der Waals surface area contributed by atoms with Crippen LogP contribution in [0, 0.1) is 6.92 Å². The summed E-state index contributed by atoms with van der Waals surface area (Å²) >= 11 is 1.54. The van der Waals surface area contributed by atoms with Crippen molar-refractivity contribution in [1.82, 2.24) is 14.5 Å². The number of aliphatic hydroxyl groups excluding tert-OH is 1. The van der Waals surface area contributed by atoms with Crippen LogP contribution in [0.2, 0.25) is 0 Å². The van der Waals surface area contributed by atoms with Gasteiger partial charge in [-0.3, -0.25) is 0 Å². The van der Waals surface area contributed by atoms with E-state index >= 15 is 0 Å². The fourth-order valence-electron chi connectivity index (χ4n) is 1.64. The van der Waals surface area contributed by atoms with Gasteiger partial charge in [0.25, 0.3) is 0 Å². The van der Waals surface area contributed by atoms with Crippen molar-refractivity contribution in [3.8, 4) is 0 Å². The van der Waals surface area contributed by atoms with Crippen LogP contribution in [0.15, 0.2) is 17.8 Å². The lowest BCUT2D eigenvalue weighted by Crippen LogP contribution is -2.10. The maximum atomic E-state index is 10.2. The van der Waals surface area contributed by atoms with Gasteiger partial charge in [0.15, 0.2) is 6.10 Å². The molecule has 4 nitrogen and oxygen atoms in total. The molecule has 1 N–H and O–H groups in total. The third kappa shape index (κ3) is 2.15. The first kappa shape index (κ1) is 11.3. The third-order valence-electron chi connectivity index (χ3n) is 2.37. The van der Waals surface area contributed by atoms with E-state index in [1.165, 1.54) is 0 Å². The van der Waals surface area contributed by atoms with Gasteiger partial charge in [0, 0.05) is 24.3 Å². The van der Waals surface area contributed by atoms with Gasteiger partial charge in [-0.05, 0) is 13.3 Å². The Kier molecular flexibility index (Phi) is 3.36. The second-order valence-electron chi connectivity index (χ2n) is 3.67. The summed E-state index contributed by atoms with van der Waals surface area (Å²) in [7, 11) is 0. The van der Waals surface area contributed by atoms with Gasteiger partial charge < -0.3 is 9.67 Å². The minimum absolute atomic E-state index is 0.673. The summed E-state index contributed by atoms with van der Waals surface area (Å²) in [6, 6.07) is 0. The zero-order valence-electron chi connectivity index (χ0n) is 9.42. The first-order valence-corrected chi connectivity index (χ1v) is 6.21. The van der Waals surface area contributed by atoms with Crippen LogP contribution in [0.25, 0.3) is 0 Å². The molecule has 0 aliphatic heterocycles. The lowest BCUT2D eigenvalue weighted by Gasteiger charge is -2.10. The molecule has 16 heavy (non-hydrogen) atoms. The predicted molar refractivity (Wildman–Crippen MR) is 63.4 cm³/mol. The van der Waals surface area contributed by atoms with Gasteiger partial charge >= 0.3 is 0 Å². The summed E-state index contributed by atoms with van der Waals surface area (Å²) in [5.41, 5.74) is 0.686. The second kappa shape index (κ2) is 4.76. The molecule has 0 aliphatic carbocycles. The van der Waals surface area contributed by atoms with E-state index in [1.807, 2.05) is 23.1 Å². The third-order valence-corrected chi connectivity index (χ3v) is 3.17. The van der Waals surface area contributed by atoms with Gasteiger partial charge in [0.2, 0.25) is 0 Å². The van der Waals surface area contributed by atoms with Crippen LogP contribution >= 0.6 is 11.3 Å². The molecule has 0 fully saturated rings. The standard InChI is InChI=1S/C11H15N3OS/c1-3-5-14-6-4-12-11(14)10(15)9-7-16-8(2)13-9/h4,6-7,10,15H,3,5H2,1-2H3. The fourth-order valence-corrected chi connectivity index (χ4v) is 2.27. The van der Waals surface area contributed by atoms with Gasteiger partial charge in [-0.25, -0.2) is 9.97 Å². The normalized spacial score (nSPS) is 12.9. The summed E-state index contributed by atoms with van der Waals surface area (Å²) in [5.74, 6) is 0.673. The van der Waals surface area contributed by atoms with E-state index in [4.69, 9.17) is 0 Å². The Morgan fingerprint density at radius 2 is 2.38 bits per heavy atom. The second-order valence-corrected chi connectivity index (χ2v) is 4.73. The number of aliphatic hydroxyl groups is 1. The van der Waals surface area contributed by atoms with Crippen LogP contribution in [0.1, 0.15) is 36.0 Å². The Balaban J connectivity index is 2.26. The number of aromatic nitrogens is 3. The van der Waals surface area contributed by atoms with E-state index < -0.39 is 6.10 Å². The number of thiazole rings is 1. The quantitative estimate of drug-likeness (QED) is 0.886. The van der Waals surface area contributed by atoms with Gasteiger partial charge in [-0.1, -0.05) is 6.92 Å². The summed E-state index contributed by atoms with van der Waals surface area (Å²) in [6.45, 7) is 4.90. The van der Waals surface area contributed by atoms with Gasteiger partial charge in [0.1, 0.15) is 5.82 Å². The molecule has 1 unspecified atom stereocenters. The molecule has 2 aromatic rings. The van der Waals surface area contributed by atoms with Crippen molar-refractivity contribution in [3.05, 3.63) is 34.3 Å². The SMILES string of the molecule is CCCn1ccnc1C(O)c1csc(C)n1. The molecule has 2 heterocycles. The number of aryl methyl sites for hydroxylation is 2. The van der Waals surface area contributed by atoms with Crippen molar-refractivity contribution in [2.24, 2.45) is 0 Å². The van der Waals surface area contributed by atoms with Crippen molar-refractivity contribution in [2.45, 2.75) is 32.9 Å². The smallest absolute Gasteiger partial charge is 0.154 e. The van der Waals surface area contributed by atoms with Crippen LogP contribution < -0.4 is 0 Å². The Bertz CT molecular complexity index is 463. The van der Waals surface area contributed by atoms with E-state index in [0.717, 1.165) is 18.0 Å². The van der Waals surface area contributed by atoms with E-state index in [-0.39, 0.29) is 0 Å². The maximum Gasteiger partial charge on any atom is 0.154 e. The van der Waals surface area contributed by atoms with Crippen LogP contribution in [-0.2, 0) is 6.54 Å². The molecule has 0 radical (unpaired) electrons. The van der Waals surface area contributed by atoms with E-state index in [1.54, 1.807) is 17.5 Å². The largest absolute Gasteiger partial charge is 0.379 e. The Morgan fingerprint density at radius 1 is 1.56 bits per heavy atom. The van der Waals surface area contributed by atoms with Crippen molar-refractivity contribution in [2.75, 3.05) is 0 Å². The van der Waals surface area contributed by atoms with Crippen LogP contribution in [0.4, 0.5) is 0 Å². The molecular weight excluding hydrogens is 222 g/mol. The molecule has 2 aromatic heterocycles. The minimum atomic E-state index is -0.716. The van der Waals surface area contributed by atoms with Crippen LogP contribution in [-0.4, -0.2) is 19.6 Å². The molecule has 0 amide bonds. The average molecular weight is 237 g/mol. The monoisotopic (exact) mass is 237 g/mol. The highest BCUT2D eigenvalue weighted by Crippen LogP contribution is 2.22. The molecule has 0 bridgehead atoms. The summed E-state index contributed by atoms with van der Waals surface area (Å²) in [6.07, 6.45) is 3.91. The number of nitrogens with zero attached hydrogens (tertiary/aromatic N) is 3. The summed E-state index contributed by atoms with van der Waals surface area (Å²) in [4.78, 5) is 8.48. The Morgan fingerprint density at radius 3 is 3.00 bits per heavy atom. The summed E-state index contributed by atoms with van der Waals surface area (Å²) < 4.78 is 1.97. The molecule has 0 saturated carbocycles. The topological polar surface area (TPSA) is 50.9 Å². The average Bonchev–Trinajstić information content (AvgIpc) is 2.87. The van der Waals surface area contributed by atoms with Crippen molar-refractivity contribution in [1.29, 1.82) is 0 Å². The molecule has 0 spiro atoms. The minimum Gasteiger partial charge on any atom is -0.379 e. The number of rotatable bonds is 4. The number of imidazole rings is 1. The Labute approximate surface area is 98.6 Å². The fraction of sp³-hybridized carbons (Fsp3) is 0.455. The highest BCUT2D eigenvalue weighted by atomic mass is 32.1. The van der Waals surface area contributed by atoms with Gasteiger partial charge in [0.05, 0.1) is 10.7 Å². The molecule has 1 atom stereocenters. The lowest BCUT2D eigenvalue weighted by atomic mass is 10.2. The molecule has 86 valence electrons. The zero-order valence-corrected chi connectivity index (χ0v) is 10.2. The first-order valence-electron chi connectivity index (χ1n) is 5.33.